The fourth-order valence-electron chi connectivity index (χ4n) is 4.13. The first-order valence-electron chi connectivity index (χ1n) is 11.3. The van der Waals surface area contributed by atoms with Gasteiger partial charge in [-0.15, -0.1) is 0 Å². The largest absolute Gasteiger partial charge is 0.367 e. The maximum absolute atomic E-state index is 12.5. The van der Waals surface area contributed by atoms with E-state index in [2.05, 4.69) is 44.9 Å². The van der Waals surface area contributed by atoms with Crippen molar-refractivity contribution < 1.29 is 9.59 Å². The topological polar surface area (TPSA) is 79.3 Å². The number of hydrogen-bond donors (Lipinski definition) is 2. The summed E-state index contributed by atoms with van der Waals surface area (Å²) < 4.78 is 1.74. The molecule has 1 aromatic heterocycles. The van der Waals surface area contributed by atoms with Gasteiger partial charge in [-0.05, 0) is 72.1 Å². The highest BCUT2D eigenvalue weighted by Crippen LogP contribution is 2.24. The third-order valence-corrected chi connectivity index (χ3v) is 5.95. The van der Waals surface area contributed by atoms with Crippen molar-refractivity contribution in [3.8, 4) is 5.69 Å². The molecule has 1 aliphatic heterocycles. The van der Waals surface area contributed by atoms with Gasteiger partial charge in [0, 0.05) is 42.4 Å². The van der Waals surface area contributed by atoms with Crippen LogP contribution in [-0.4, -0.2) is 34.7 Å². The van der Waals surface area contributed by atoms with Gasteiger partial charge in [0.05, 0.1) is 12.2 Å². The van der Waals surface area contributed by atoms with Crippen LogP contribution in [0.3, 0.4) is 0 Å². The monoisotopic (exact) mass is 451 g/mol. The highest BCUT2D eigenvalue weighted by atomic mass is 16.2. The van der Waals surface area contributed by atoms with E-state index in [-0.39, 0.29) is 18.4 Å². The molecule has 0 fully saturated rings. The molecule has 7 heteroatoms. The van der Waals surface area contributed by atoms with Gasteiger partial charge < -0.3 is 15.5 Å². The van der Waals surface area contributed by atoms with Gasteiger partial charge in [0.15, 0.2) is 0 Å². The smallest absolute Gasteiger partial charge is 0.251 e. The van der Waals surface area contributed by atoms with E-state index in [1.54, 1.807) is 35.1 Å². The number of hydrogen-bond acceptors (Lipinski definition) is 4. The van der Waals surface area contributed by atoms with Gasteiger partial charge in [-0.3, -0.25) is 9.59 Å². The molecule has 1 aliphatic rings. The molecule has 2 N–H and O–H groups in total. The van der Waals surface area contributed by atoms with Crippen molar-refractivity contribution >= 4 is 23.2 Å². The lowest BCUT2D eigenvalue weighted by Gasteiger charge is -2.30. The summed E-state index contributed by atoms with van der Waals surface area (Å²) in [6, 6.07) is 25.2. The maximum atomic E-state index is 12.5. The summed E-state index contributed by atoms with van der Waals surface area (Å²) in [4.78, 5) is 27.1. The van der Waals surface area contributed by atoms with Gasteiger partial charge in [0.2, 0.25) is 5.91 Å². The first-order chi connectivity index (χ1) is 16.7. The van der Waals surface area contributed by atoms with Crippen molar-refractivity contribution in [2.24, 2.45) is 0 Å². The average Bonchev–Trinajstić information content (AvgIpc) is 3.43. The molecule has 170 valence electrons. The Bertz CT molecular complexity index is 1280. The lowest BCUT2D eigenvalue weighted by Crippen LogP contribution is -2.33. The van der Waals surface area contributed by atoms with Crippen LogP contribution in [0.4, 0.5) is 11.4 Å². The predicted molar refractivity (Wildman–Crippen MR) is 132 cm³/mol. The number of fused-ring (bicyclic) bond motifs is 1. The van der Waals surface area contributed by atoms with E-state index in [0.717, 1.165) is 30.9 Å². The van der Waals surface area contributed by atoms with Gasteiger partial charge >= 0.3 is 0 Å². The Morgan fingerprint density at radius 3 is 2.32 bits per heavy atom. The molecular formula is C27H25N5O2. The highest BCUT2D eigenvalue weighted by Gasteiger charge is 2.16. The molecule has 0 aliphatic carbocycles. The Morgan fingerprint density at radius 1 is 0.853 bits per heavy atom. The van der Waals surface area contributed by atoms with Crippen molar-refractivity contribution in [3.63, 3.8) is 0 Å². The van der Waals surface area contributed by atoms with Gasteiger partial charge in [0.25, 0.3) is 5.91 Å². The van der Waals surface area contributed by atoms with Crippen LogP contribution in [-0.2, 0) is 17.8 Å². The van der Waals surface area contributed by atoms with Crippen LogP contribution in [0.5, 0.6) is 0 Å². The van der Waals surface area contributed by atoms with Crippen LogP contribution in [0.25, 0.3) is 5.69 Å². The number of benzene rings is 3. The van der Waals surface area contributed by atoms with Crippen LogP contribution in [0.2, 0.25) is 0 Å². The van der Waals surface area contributed by atoms with Gasteiger partial charge in [-0.25, -0.2) is 4.68 Å². The van der Waals surface area contributed by atoms with Crippen LogP contribution in [0, 0.1) is 0 Å². The molecule has 0 bridgehead atoms. The van der Waals surface area contributed by atoms with Crippen LogP contribution < -0.4 is 15.5 Å². The third-order valence-electron chi connectivity index (χ3n) is 5.95. The zero-order chi connectivity index (χ0) is 23.3. The SMILES string of the molecule is O=C(CNC(=O)c1ccc(N2CCc3ccccc3C2)cc1)Nc1ccc(-n2cccn2)cc1. The van der Waals surface area contributed by atoms with Crippen LogP contribution >= 0.6 is 0 Å². The second-order valence-corrected chi connectivity index (χ2v) is 8.22. The minimum Gasteiger partial charge on any atom is -0.367 e. The number of anilines is 2. The number of nitrogens with one attached hydrogen (secondary N) is 2. The average molecular weight is 452 g/mol. The van der Waals surface area contributed by atoms with E-state index in [4.69, 9.17) is 0 Å². The number of carbonyl (C=O) groups excluding carboxylic acids is 2. The molecule has 3 aromatic carbocycles. The van der Waals surface area contributed by atoms with Crippen molar-refractivity contribution in [1.29, 1.82) is 0 Å². The quantitative estimate of drug-likeness (QED) is 0.467. The lowest BCUT2D eigenvalue weighted by atomic mass is 9.99. The molecule has 34 heavy (non-hydrogen) atoms. The molecule has 0 spiro atoms. The first-order valence-corrected chi connectivity index (χ1v) is 11.3. The Labute approximate surface area is 198 Å². The minimum absolute atomic E-state index is 0.107. The van der Waals surface area contributed by atoms with Crippen molar-refractivity contribution in [2.75, 3.05) is 23.3 Å². The number of rotatable bonds is 6. The second-order valence-electron chi connectivity index (χ2n) is 8.22. The van der Waals surface area contributed by atoms with Crippen molar-refractivity contribution in [2.45, 2.75) is 13.0 Å². The lowest BCUT2D eigenvalue weighted by molar-refractivity contribution is -0.115. The number of nitrogens with zero attached hydrogens (tertiary/aromatic N) is 3. The fourth-order valence-corrected chi connectivity index (χ4v) is 4.13. The van der Waals surface area contributed by atoms with E-state index in [1.807, 2.05) is 36.5 Å². The zero-order valence-corrected chi connectivity index (χ0v) is 18.6. The van der Waals surface area contributed by atoms with Crippen molar-refractivity contribution in [3.05, 3.63) is 108 Å². The first kappa shape index (κ1) is 21.5. The summed E-state index contributed by atoms with van der Waals surface area (Å²) >= 11 is 0. The minimum atomic E-state index is -0.288. The molecule has 0 saturated carbocycles. The molecule has 4 aromatic rings. The normalized spacial score (nSPS) is 12.6. The molecule has 0 saturated heterocycles. The molecular weight excluding hydrogens is 426 g/mol. The summed E-state index contributed by atoms with van der Waals surface area (Å²) in [5, 5.41) is 9.65. The van der Waals surface area contributed by atoms with E-state index in [1.165, 1.54) is 11.1 Å². The van der Waals surface area contributed by atoms with E-state index < -0.39 is 0 Å². The van der Waals surface area contributed by atoms with Crippen LogP contribution in [0.1, 0.15) is 21.5 Å². The van der Waals surface area contributed by atoms with Gasteiger partial charge in [0.1, 0.15) is 0 Å². The molecule has 7 nitrogen and oxygen atoms in total. The molecule has 2 amide bonds. The Balaban J connectivity index is 1.12. The predicted octanol–water partition coefficient (Wildman–Crippen LogP) is 3.80. The Kier molecular flexibility index (Phi) is 6.07. The zero-order valence-electron chi connectivity index (χ0n) is 18.6. The summed E-state index contributed by atoms with van der Waals surface area (Å²) in [5.74, 6) is -0.566. The fraction of sp³-hybridized carbons (Fsp3) is 0.148. The van der Waals surface area contributed by atoms with E-state index in [0.29, 0.717) is 11.3 Å². The highest BCUT2D eigenvalue weighted by molar-refractivity contribution is 5.99. The van der Waals surface area contributed by atoms with Crippen molar-refractivity contribution in [1.82, 2.24) is 15.1 Å². The molecule has 0 unspecified atom stereocenters. The number of aromatic nitrogens is 2. The second kappa shape index (κ2) is 9.62. The Hall–Kier alpha value is -4.39. The van der Waals surface area contributed by atoms with Crippen LogP contribution in [0.15, 0.2) is 91.3 Å². The number of carbonyl (C=O) groups is 2. The maximum Gasteiger partial charge on any atom is 0.251 e. The van der Waals surface area contributed by atoms with Gasteiger partial charge in [-0.1, -0.05) is 24.3 Å². The van der Waals surface area contributed by atoms with Gasteiger partial charge in [-0.2, -0.15) is 5.10 Å². The Morgan fingerprint density at radius 2 is 1.59 bits per heavy atom. The molecule has 5 rings (SSSR count). The van der Waals surface area contributed by atoms with E-state index >= 15 is 0 Å². The number of amides is 2. The summed E-state index contributed by atoms with van der Waals surface area (Å²) in [5.41, 5.74) is 5.91. The molecule has 0 atom stereocenters. The molecule has 0 radical (unpaired) electrons. The summed E-state index contributed by atoms with van der Waals surface area (Å²) in [7, 11) is 0. The third kappa shape index (κ3) is 4.83. The standard InChI is InChI=1S/C27H25N5O2/c33-26(30-23-8-12-25(13-9-23)32-16-3-15-29-32)18-28-27(34)21-6-10-24(11-7-21)31-17-14-20-4-1-2-5-22(20)19-31/h1-13,15-16H,14,17-19H2,(H,28,34)(H,30,33). The van der Waals surface area contributed by atoms with E-state index in [9.17, 15) is 9.59 Å². The summed E-state index contributed by atoms with van der Waals surface area (Å²) in [6.45, 7) is 1.71. The summed E-state index contributed by atoms with van der Waals surface area (Å²) in [6.07, 6.45) is 4.57. The molecule has 2 heterocycles.